The number of benzene rings is 2. The summed E-state index contributed by atoms with van der Waals surface area (Å²) in [6.07, 6.45) is 1.50. The first-order valence-electron chi connectivity index (χ1n) is 6.00. The Labute approximate surface area is 125 Å². The summed E-state index contributed by atoms with van der Waals surface area (Å²) < 4.78 is 6.38. The highest BCUT2D eigenvalue weighted by atomic mass is 79.9. The molecule has 102 valence electrons. The lowest BCUT2D eigenvalue weighted by atomic mass is 10.2. The summed E-state index contributed by atoms with van der Waals surface area (Å²) >= 11 is 3.33. The van der Waals surface area contributed by atoms with Crippen LogP contribution < -0.4 is 4.74 Å². The van der Waals surface area contributed by atoms with Crippen molar-refractivity contribution in [2.24, 2.45) is 0 Å². The summed E-state index contributed by atoms with van der Waals surface area (Å²) in [5.41, 5.74) is 1.77. The van der Waals surface area contributed by atoms with Gasteiger partial charge in [-0.1, -0.05) is 40.2 Å². The fraction of sp³-hybridized carbons (Fsp3) is 0.0625. The molecule has 20 heavy (non-hydrogen) atoms. The van der Waals surface area contributed by atoms with Crippen LogP contribution in [0, 0.1) is 6.92 Å². The number of ether oxygens (including phenoxy) is 1. The number of aryl methyl sites for hydroxylation is 1. The molecule has 0 bridgehead atoms. The van der Waals surface area contributed by atoms with Crippen molar-refractivity contribution in [2.45, 2.75) is 6.92 Å². The number of aliphatic carboxylic acids is 1. The highest BCUT2D eigenvalue weighted by Crippen LogP contribution is 2.18. The van der Waals surface area contributed by atoms with Gasteiger partial charge in [0.2, 0.25) is 5.76 Å². The highest BCUT2D eigenvalue weighted by Gasteiger charge is 2.10. The quantitative estimate of drug-likeness (QED) is 0.672. The predicted octanol–water partition coefficient (Wildman–Crippen LogP) is 4.26. The Morgan fingerprint density at radius 3 is 2.50 bits per heavy atom. The molecule has 0 radical (unpaired) electrons. The van der Waals surface area contributed by atoms with E-state index in [1.165, 1.54) is 6.08 Å². The summed E-state index contributed by atoms with van der Waals surface area (Å²) in [5, 5.41) is 9.22. The van der Waals surface area contributed by atoms with Crippen molar-refractivity contribution in [1.29, 1.82) is 0 Å². The van der Waals surface area contributed by atoms with E-state index in [0.717, 1.165) is 15.6 Å². The average Bonchev–Trinajstić information content (AvgIpc) is 2.40. The molecule has 0 saturated heterocycles. The van der Waals surface area contributed by atoms with Crippen molar-refractivity contribution in [2.75, 3.05) is 0 Å². The molecule has 2 aromatic rings. The summed E-state index contributed by atoms with van der Waals surface area (Å²) in [6, 6.07) is 14.6. The van der Waals surface area contributed by atoms with Gasteiger partial charge in [-0.2, -0.15) is 0 Å². The monoisotopic (exact) mass is 332 g/mol. The van der Waals surface area contributed by atoms with Crippen molar-refractivity contribution in [3.8, 4) is 5.75 Å². The Bertz CT molecular complexity index is 645. The van der Waals surface area contributed by atoms with Crippen LogP contribution in [-0.2, 0) is 4.79 Å². The van der Waals surface area contributed by atoms with Crippen molar-refractivity contribution in [3.05, 3.63) is 69.9 Å². The Balaban J connectivity index is 2.27. The van der Waals surface area contributed by atoms with Crippen LogP contribution in [0.25, 0.3) is 6.08 Å². The van der Waals surface area contributed by atoms with Gasteiger partial charge < -0.3 is 9.84 Å². The third-order valence-corrected chi connectivity index (χ3v) is 3.12. The van der Waals surface area contributed by atoms with E-state index in [2.05, 4.69) is 15.9 Å². The van der Waals surface area contributed by atoms with E-state index >= 15 is 0 Å². The zero-order valence-electron chi connectivity index (χ0n) is 10.8. The molecule has 0 saturated carbocycles. The van der Waals surface area contributed by atoms with Crippen LogP contribution in [0.15, 0.2) is 58.8 Å². The van der Waals surface area contributed by atoms with Gasteiger partial charge in [0, 0.05) is 4.47 Å². The second-order valence-electron chi connectivity index (χ2n) is 4.28. The first kappa shape index (κ1) is 14.3. The smallest absolute Gasteiger partial charge is 0.371 e. The molecule has 0 aromatic heterocycles. The number of carboxylic acids is 1. The van der Waals surface area contributed by atoms with E-state index < -0.39 is 5.97 Å². The van der Waals surface area contributed by atoms with Gasteiger partial charge in [-0.15, -0.1) is 0 Å². The van der Waals surface area contributed by atoms with Crippen LogP contribution in [0.4, 0.5) is 0 Å². The Morgan fingerprint density at radius 1 is 1.20 bits per heavy atom. The molecule has 0 aliphatic carbocycles. The van der Waals surface area contributed by atoms with E-state index in [1.807, 2.05) is 43.3 Å². The van der Waals surface area contributed by atoms with Crippen LogP contribution in [0.2, 0.25) is 0 Å². The van der Waals surface area contributed by atoms with Gasteiger partial charge in [0.1, 0.15) is 5.75 Å². The second-order valence-corrected chi connectivity index (χ2v) is 5.20. The number of carbonyl (C=O) groups is 1. The molecule has 2 aromatic carbocycles. The highest BCUT2D eigenvalue weighted by molar-refractivity contribution is 9.10. The van der Waals surface area contributed by atoms with E-state index in [0.29, 0.717) is 5.75 Å². The van der Waals surface area contributed by atoms with E-state index in [9.17, 15) is 9.90 Å². The van der Waals surface area contributed by atoms with Crippen molar-refractivity contribution < 1.29 is 14.6 Å². The van der Waals surface area contributed by atoms with Crippen molar-refractivity contribution in [3.63, 3.8) is 0 Å². The Kier molecular flexibility index (Phi) is 4.58. The minimum absolute atomic E-state index is 0.113. The summed E-state index contributed by atoms with van der Waals surface area (Å²) in [6.45, 7) is 1.92. The van der Waals surface area contributed by atoms with Crippen LogP contribution in [-0.4, -0.2) is 11.1 Å². The molecular formula is C16H13BrO3. The number of halogens is 1. The summed E-state index contributed by atoms with van der Waals surface area (Å²) in [7, 11) is 0. The molecule has 2 rings (SSSR count). The van der Waals surface area contributed by atoms with Crippen LogP contribution in [0.1, 0.15) is 11.1 Å². The van der Waals surface area contributed by atoms with Gasteiger partial charge in [-0.25, -0.2) is 4.79 Å². The van der Waals surface area contributed by atoms with E-state index in [4.69, 9.17) is 4.74 Å². The van der Waals surface area contributed by atoms with Gasteiger partial charge in [-0.05, 0) is 48.4 Å². The Hall–Kier alpha value is -2.07. The van der Waals surface area contributed by atoms with Crippen molar-refractivity contribution in [1.82, 2.24) is 0 Å². The molecular weight excluding hydrogens is 320 g/mol. The fourth-order valence-corrected chi connectivity index (χ4v) is 1.92. The molecule has 0 unspecified atom stereocenters. The molecule has 3 nitrogen and oxygen atoms in total. The molecule has 0 atom stereocenters. The number of carboxylic acid groups (broad SMARTS) is 1. The molecule has 4 heteroatoms. The van der Waals surface area contributed by atoms with Gasteiger partial charge in [0.05, 0.1) is 0 Å². The second kappa shape index (κ2) is 6.39. The van der Waals surface area contributed by atoms with Crippen LogP contribution in [0.3, 0.4) is 0 Å². The third-order valence-electron chi connectivity index (χ3n) is 2.60. The van der Waals surface area contributed by atoms with Crippen LogP contribution >= 0.6 is 15.9 Å². The SMILES string of the molecule is Cc1cccc(O/C(=C\c2ccc(Br)cc2)C(=O)O)c1. The zero-order valence-corrected chi connectivity index (χ0v) is 12.4. The van der Waals surface area contributed by atoms with E-state index in [1.54, 1.807) is 12.1 Å². The zero-order chi connectivity index (χ0) is 14.5. The largest absolute Gasteiger partial charge is 0.475 e. The molecule has 0 aliphatic heterocycles. The van der Waals surface area contributed by atoms with Crippen LogP contribution in [0.5, 0.6) is 5.75 Å². The fourth-order valence-electron chi connectivity index (χ4n) is 1.65. The minimum atomic E-state index is -1.10. The van der Waals surface area contributed by atoms with E-state index in [-0.39, 0.29) is 5.76 Å². The normalized spacial score (nSPS) is 11.2. The molecule has 0 heterocycles. The number of hydrogen-bond donors (Lipinski definition) is 1. The third kappa shape index (κ3) is 3.96. The van der Waals surface area contributed by atoms with Gasteiger partial charge in [0.15, 0.2) is 0 Å². The topological polar surface area (TPSA) is 46.5 Å². The molecule has 1 N–H and O–H groups in total. The maximum Gasteiger partial charge on any atom is 0.371 e. The lowest BCUT2D eigenvalue weighted by Gasteiger charge is -2.07. The molecule has 0 amide bonds. The molecule has 0 fully saturated rings. The Morgan fingerprint density at radius 2 is 1.90 bits per heavy atom. The lowest BCUT2D eigenvalue weighted by Crippen LogP contribution is -2.07. The van der Waals surface area contributed by atoms with Crippen molar-refractivity contribution >= 4 is 28.0 Å². The molecule has 0 spiro atoms. The number of rotatable bonds is 4. The average molecular weight is 333 g/mol. The van der Waals surface area contributed by atoms with Gasteiger partial charge in [0.25, 0.3) is 0 Å². The first-order valence-corrected chi connectivity index (χ1v) is 6.79. The minimum Gasteiger partial charge on any atom is -0.475 e. The van der Waals surface area contributed by atoms with Gasteiger partial charge in [-0.3, -0.25) is 0 Å². The maximum absolute atomic E-state index is 11.3. The first-order chi connectivity index (χ1) is 9.54. The number of hydrogen-bond acceptors (Lipinski definition) is 2. The predicted molar refractivity (Wildman–Crippen MR) is 81.6 cm³/mol. The lowest BCUT2D eigenvalue weighted by molar-refractivity contribution is -0.134. The molecule has 0 aliphatic rings. The summed E-state index contributed by atoms with van der Waals surface area (Å²) in [5.74, 6) is -0.705. The van der Waals surface area contributed by atoms with Gasteiger partial charge >= 0.3 is 5.97 Å². The maximum atomic E-state index is 11.3. The standard InChI is InChI=1S/C16H13BrO3/c1-11-3-2-4-14(9-11)20-15(16(18)19)10-12-5-7-13(17)8-6-12/h2-10H,1H3,(H,18,19)/b15-10-. The summed E-state index contributed by atoms with van der Waals surface area (Å²) in [4.78, 5) is 11.3.